The first kappa shape index (κ1) is 16.5. The Kier molecular flexibility index (Phi) is 4.99. The molecule has 0 aromatic heterocycles. The third-order valence-corrected chi connectivity index (χ3v) is 8.20. The van der Waals surface area contributed by atoms with E-state index in [1.165, 1.54) is 0 Å². The number of alkyl halides is 1. The van der Waals surface area contributed by atoms with Gasteiger partial charge in [-0.3, -0.25) is 0 Å². The lowest BCUT2D eigenvalue weighted by Gasteiger charge is -2.32. The summed E-state index contributed by atoms with van der Waals surface area (Å²) in [5.74, 6) is 0.779. The maximum atomic E-state index is 6.10. The molecule has 1 fully saturated rings. The van der Waals surface area contributed by atoms with Crippen LogP contribution in [0.5, 0.6) is 0 Å². The summed E-state index contributed by atoms with van der Waals surface area (Å²) in [6, 6.07) is 0. The fourth-order valence-corrected chi connectivity index (χ4v) is 4.90. The van der Waals surface area contributed by atoms with Gasteiger partial charge in [-0.2, -0.15) is 0 Å². The van der Waals surface area contributed by atoms with Gasteiger partial charge in [-0.25, -0.2) is 0 Å². The summed E-state index contributed by atoms with van der Waals surface area (Å²) in [6.07, 6.45) is 0.197. The highest BCUT2D eigenvalue weighted by Crippen LogP contribution is 2.39. The van der Waals surface area contributed by atoms with Crippen LogP contribution in [0.3, 0.4) is 0 Å². The fraction of sp³-hybridized carbons (Fsp3) is 1.00. The molecule has 0 N–H and O–H groups in total. The molecule has 1 saturated heterocycles. The lowest BCUT2D eigenvalue weighted by atomic mass is 9.90. The molecule has 1 atom stereocenters. The van der Waals surface area contributed by atoms with Crippen molar-refractivity contribution in [3.63, 3.8) is 0 Å². The minimum Gasteiger partial charge on any atom is -0.414 e. The van der Waals surface area contributed by atoms with Crippen molar-refractivity contribution in [3.05, 3.63) is 0 Å². The molecule has 1 rings (SSSR count). The number of halogens is 1. The Bertz CT molecular complexity index is 283. The van der Waals surface area contributed by atoms with Crippen LogP contribution in [0.25, 0.3) is 0 Å². The molecule has 106 valence electrons. The quantitative estimate of drug-likeness (QED) is 0.574. The first-order chi connectivity index (χ1) is 8.01. The van der Waals surface area contributed by atoms with E-state index in [-0.39, 0.29) is 24.4 Å². The number of hydrogen-bond donors (Lipinski definition) is 0. The van der Waals surface area contributed by atoms with Crippen molar-refractivity contribution < 1.29 is 13.7 Å². The zero-order chi connectivity index (χ0) is 14.2. The normalized spacial score (nSPS) is 25.5. The van der Waals surface area contributed by atoms with Crippen LogP contribution in [-0.4, -0.2) is 38.2 Å². The molecular weight excluding hydrogens is 266 g/mol. The Morgan fingerprint density at radius 2 is 1.61 bits per heavy atom. The lowest BCUT2D eigenvalue weighted by molar-refractivity contribution is 0.00578. The van der Waals surface area contributed by atoms with E-state index in [1.807, 2.05) is 13.8 Å². The van der Waals surface area contributed by atoms with E-state index in [2.05, 4.69) is 34.2 Å². The van der Waals surface area contributed by atoms with Crippen molar-refractivity contribution in [1.29, 1.82) is 0 Å². The molecule has 0 spiro atoms. The Labute approximate surface area is 118 Å². The van der Waals surface area contributed by atoms with Crippen molar-refractivity contribution in [3.8, 4) is 0 Å². The topological polar surface area (TPSA) is 27.7 Å². The van der Waals surface area contributed by atoms with Crippen LogP contribution in [0.4, 0.5) is 0 Å². The van der Waals surface area contributed by atoms with Crippen molar-refractivity contribution in [1.82, 2.24) is 0 Å². The van der Waals surface area contributed by atoms with Crippen LogP contribution in [0, 0.1) is 0 Å². The van der Waals surface area contributed by atoms with Gasteiger partial charge in [0.15, 0.2) is 0 Å². The summed E-state index contributed by atoms with van der Waals surface area (Å²) >= 11 is 6.10. The van der Waals surface area contributed by atoms with Gasteiger partial charge in [0, 0.05) is 17.6 Å². The fourth-order valence-electron chi connectivity index (χ4n) is 2.10. The van der Waals surface area contributed by atoms with Crippen LogP contribution in [0.15, 0.2) is 0 Å². The van der Waals surface area contributed by atoms with Gasteiger partial charge in [0.1, 0.15) is 0 Å². The molecule has 1 aliphatic heterocycles. The van der Waals surface area contributed by atoms with Crippen LogP contribution in [0.2, 0.25) is 12.5 Å². The maximum Gasteiger partial charge on any atom is 0.457 e. The molecule has 1 unspecified atom stereocenters. The molecular formula is C12H26BClO3Si. The molecule has 1 aliphatic rings. The van der Waals surface area contributed by atoms with Crippen LogP contribution in [-0.2, 0) is 13.7 Å². The SMILES string of the molecule is CC(C)O[Si](C)(CCl)CB1OC(C)(C)C(C)(C)O1. The van der Waals surface area contributed by atoms with E-state index in [0.29, 0.717) is 5.50 Å². The summed E-state index contributed by atoms with van der Waals surface area (Å²) in [6.45, 7) is 14.5. The van der Waals surface area contributed by atoms with Gasteiger partial charge in [0.25, 0.3) is 0 Å². The predicted octanol–water partition coefficient (Wildman–Crippen LogP) is 3.40. The van der Waals surface area contributed by atoms with E-state index in [4.69, 9.17) is 25.3 Å². The third-order valence-electron chi connectivity index (χ3n) is 3.70. The highest BCUT2D eigenvalue weighted by molar-refractivity contribution is 6.86. The summed E-state index contributed by atoms with van der Waals surface area (Å²) < 4.78 is 18.1. The van der Waals surface area contributed by atoms with E-state index in [1.54, 1.807) is 0 Å². The molecule has 0 aliphatic carbocycles. The van der Waals surface area contributed by atoms with E-state index in [0.717, 1.165) is 5.94 Å². The van der Waals surface area contributed by atoms with Crippen LogP contribution in [0.1, 0.15) is 41.5 Å². The van der Waals surface area contributed by atoms with Crippen molar-refractivity contribution >= 4 is 27.0 Å². The standard InChI is InChI=1S/C12H26BClO3Si/c1-10(2)15-18(7,9-14)8-13-16-11(3,4)12(5,6)17-13/h10H,8-9H2,1-7H3. The second-order valence-electron chi connectivity index (χ2n) is 6.64. The molecule has 18 heavy (non-hydrogen) atoms. The Morgan fingerprint density at radius 1 is 1.17 bits per heavy atom. The zero-order valence-electron chi connectivity index (χ0n) is 12.7. The highest BCUT2D eigenvalue weighted by atomic mass is 35.5. The average Bonchev–Trinajstić information content (AvgIpc) is 2.32. The minimum atomic E-state index is -1.96. The first-order valence-electron chi connectivity index (χ1n) is 6.61. The van der Waals surface area contributed by atoms with Crippen LogP contribution >= 0.6 is 11.6 Å². The van der Waals surface area contributed by atoms with Crippen LogP contribution < -0.4 is 0 Å². The van der Waals surface area contributed by atoms with Crippen molar-refractivity contribution in [2.45, 2.75) is 71.3 Å². The number of hydrogen-bond acceptors (Lipinski definition) is 3. The third kappa shape index (κ3) is 3.73. The van der Waals surface area contributed by atoms with Crippen molar-refractivity contribution in [2.24, 2.45) is 0 Å². The van der Waals surface area contributed by atoms with E-state index in [9.17, 15) is 0 Å². The van der Waals surface area contributed by atoms with Gasteiger partial charge in [-0.15, -0.1) is 11.6 Å². The van der Waals surface area contributed by atoms with Gasteiger partial charge < -0.3 is 13.7 Å². The largest absolute Gasteiger partial charge is 0.457 e. The Morgan fingerprint density at radius 3 is 1.94 bits per heavy atom. The second kappa shape index (κ2) is 5.45. The molecule has 3 nitrogen and oxygen atoms in total. The monoisotopic (exact) mass is 292 g/mol. The Balaban J connectivity index is 2.69. The Hall–Kier alpha value is 0.452. The maximum absolute atomic E-state index is 6.10. The summed E-state index contributed by atoms with van der Waals surface area (Å²) in [4.78, 5) is 0. The molecule has 0 bridgehead atoms. The van der Waals surface area contributed by atoms with E-state index >= 15 is 0 Å². The first-order valence-corrected chi connectivity index (χ1v) is 9.96. The summed E-state index contributed by atoms with van der Waals surface area (Å²) in [7, 11) is -2.17. The second-order valence-corrected chi connectivity index (χ2v) is 11.3. The molecule has 0 saturated carbocycles. The van der Waals surface area contributed by atoms with Gasteiger partial charge in [-0.1, -0.05) is 0 Å². The number of rotatable bonds is 5. The predicted molar refractivity (Wildman–Crippen MR) is 79.4 cm³/mol. The molecule has 6 heteroatoms. The average molecular weight is 293 g/mol. The summed E-state index contributed by atoms with van der Waals surface area (Å²) in [5, 5.41) is 0. The van der Waals surface area contributed by atoms with Crippen molar-refractivity contribution in [2.75, 3.05) is 5.50 Å². The molecule has 0 radical (unpaired) electrons. The van der Waals surface area contributed by atoms with Gasteiger partial charge in [-0.05, 0) is 48.1 Å². The molecule has 0 aromatic rings. The van der Waals surface area contributed by atoms with Gasteiger partial charge in [0.05, 0.1) is 11.2 Å². The van der Waals surface area contributed by atoms with Gasteiger partial charge in [0.2, 0.25) is 8.32 Å². The smallest absolute Gasteiger partial charge is 0.414 e. The highest BCUT2D eigenvalue weighted by Gasteiger charge is 2.53. The zero-order valence-corrected chi connectivity index (χ0v) is 14.4. The molecule has 1 heterocycles. The lowest BCUT2D eigenvalue weighted by Crippen LogP contribution is -2.45. The van der Waals surface area contributed by atoms with E-state index < -0.39 is 8.32 Å². The molecule has 0 aromatic carbocycles. The molecule has 0 amide bonds. The van der Waals surface area contributed by atoms with Gasteiger partial charge >= 0.3 is 7.12 Å². The summed E-state index contributed by atoms with van der Waals surface area (Å²) in [5.41, 5.74) is 0.00347. The minimum absolute atomic E-state index is 0.197.